The number of hydrogen-bond acceptors (Lipinski definition) is 2. The Bertz CT molecular complexity index is 63.2. The molecule has 1 aliphatic rings. The van der Waals surface area contributed by atoms with Crippen LogP contribution in [0.15, 0.2) is 0 Å². The second-order valence-electron chi connectivity index (χ2n) is 1.32. The van der Waals surface area contributed by atoms with E-state index in [4.69, 9.17) is 0 Å². The molecule has 0 N–H and O–H groups in total. The molecular formula is C3H5BO2. The summed E-state index contributed by atoms with van der Waals surface area (Å²) in [7, 11) is 0.916. The molecule has 0 radical (unpaired) electrons. The van der Waals surface area contributed by atoms with Crippen LogP contribution in [0, 0.1) is 0 Å². The molecule has 0 aromatic heterocycles. The van der Waals surface area contributed by atoms with E-state index in [0.29, 0.717) is 12.8 Å². The van der Waals surface area contributed by atoms with Crippen molar-refractivity contribution in [2.24, 2.45) is 0 Å². The molecule has 0 aliphatic carbocycles. The molecule has 1 heterocycles. The van der Waals surface area contributed by atoms with Gasteiger partial charge in [-0.05, 0) is 0 Å². The summed E-state index contributed by atoms with van der Waals surface area (Å²) < 4.78 is 4.51. The van der Waals surface area contributed by atoms with Crippen molar-refractivity contribution in [2.45, 2.75) is 6.32 Å². The van der Waals surface area contributed by atoms with Crippen LogP contribution in [0.1, 0.15) is 0 Å². The van der Waals surface area contributed by atoms with Crippen LogP contribution >= 0.6 is 0 Å². The van der Waals surface area contributed by atoms with E-state index < -0.39 is 0 Å². The van der Waals surface area contributed by atoms with Crippen LogP contribution < -0.4 is 0 Å². The third kappa shape index (κ3) is 0.532. The minimum absolute atomic E-state index is 0.0463. The van der Waals surface area contributed by atoms with Crippen molar-refractivity contribution in [3.63, 3.8) is 0 Å². The lowest BCUT2D eigenvalue weighted by Gasteiger charge is -1.82. The monoisotopic (exact) mass is 84.0 g/mol. The van der Waals surface area contributed by atoms with Gasteiger partial charge in [-0.25, -0.2) is 0 Å². The Morgan fingerprint density at radius 1 is 1.83 bits per heavy atom. The van der Waals surface area contributed by atoms with Gasteiger partial charge in [-0.3, -0.25) is 4.79 Å². The van der Waals surface area contributed by atoms with E-state index in [2.05, 4.69) is 4.74 Å². The van der Waals surface area contributed by atoms with Gasteiger partial charge in [0, 0.05) is 6.32 Å². The van der Waals surface area contributed by atoms with Gasteiger partial charge in [0.15, 0.2) is 7.28 Å². The van der Waals surface area contributed by atoms with Gasteiger partial charge >= 0.3 is 0 Å². The van der Waals surface area contributed by atoms with Crippen molar-refractivity contribution in [3.8, 4) is 0 Å². The number of carbonyl (C=O) groups is 1. The molecule has 0 unspecified atom stereocenters. The van der Waals surface area contributed by atoms with Crippen LogP contribution in [0.4, 0.5) is 0 Å². The number of ether oxygens (including phenoxy) is 1. The summed E-state index contributed by atoms with van der Waals surface area (Å²) in [6.07, 6.45) is 0.625. The van der Waals surface area contributed by atoms with Crippen molar-refractivity contribution >= 4 is 13.2 Å². The Labute approximate surface area is 36.7 Å². The highest BCUT2D eigenvalue weighted by atomic mass is 16.5. The Kier molecular flexibility index (Phi) is 0.822. The Balaban J connectivity index is 2.37. The first kappa shape index (κ1) is 3.72. The molecule has 32 valence electrons. The standard InChI is InChI=1S/C3H5BO2/c5-3-1-4-2-6-3/h4H,1-2H2. The van der Waals surface area contributed by atoms with Gasteiger partial charge in [-0.1, -0.05) is 0 Å². The molecule has 1 aliphatic heterocycles. The fourth-order valence-corrected chi connectivity index (χ4v) is 0.475. The van der Waals surface area contributed by atoms with Gasteiger partial charge in [0.1, 0.15) is 0 Å². The molecule has 0 bridgehead atoms. The third-order valence-corrected chi connectivity index (χ3v) is 0.788. The second-order valence-corrected chi connectivity index (χ2v) is 1.32. The number of hydrogen-bond donors (Lipinski definition) is 0. The lowest BCUT2D eigenvalue weighted by molar-refractivity contribution is -0.137. The van der Waals surface area contributed by atoms with Crippen molar-refractivity contribution in [2.75, 3.05) is 6.51 Å². The first-order valence-electron chi connectivity index (χ1n) is 2.05. The van der Waals surface area contributed by atoms with Crippen LogP contribution in [0.25, 0.3) is 0 Å². The normalized spacial score (nSPS) is 19.7. The van der Waals surface area contributed by atoms with Gasteiger partial charge in [0.2, 0.25) is 0 Å². The van der Waals surface area contributed by atoms with Gasteiger partial charge < -0.3 is 4.74 Å². The smallest absolute Gasteiger partial charge is 0.297 e. The predicted molar refractivity (Wildman–Crippen MR) is 22.9 cm³/mol. The Morgan fingerprint density at radius 3 is 2.83 bits per heavy atom. The van der Waals surface area contributed by atoms with Gasteiger partial charge in [-0.15, -0.1) is 0 Å². The van der Waals surface area contributed by atoms with E-state index >= 15 is 0 Å². The van der Waals surface area contributed by atoms with Crippen LogP contribution in [0.5, 0.6) is 0 Å². The van der Waals surface area contributed by atoms with Crippen LogP contribution in [-0.2, 0) is 9.53 Å². The van der Waals surface area contributed by atoms with Crippen molar-refractivity contribution in [1.82, 2.24) is 0 Å². The number of cyclic esters (lactones) is 1. The summed E-state index contributed by atoms with van der Waals surface area (Å²) in [6.45, 7) is 0.638. The van der Waals surface area contributed by atoms with Gasteiger partial charge in [0.05, 0.1) is 6.51 Å². The fraction of sp³-hybridized carbons (Fsp3) is 0.667. The van der Waals surface area contributed by atoms with E-state index in [1.54, 1.807) is 0 Å². The summed E-state index contributed by atoms with van der Waals surface area (Å²) in [4.78, 5) is 10.0. The number of esters is 1. The predicted octanol–water partition coefficient (Wildman–Crippen LogP) is -0.645. The molecular weight excluding hydrogens is 78.8 g/mol. The first-order chi connectivity index (χ1) is 2.89. The molecule has 0 atom stereocenters. The summed E-state index contributed by atoms with van der Waals surface area (Å²) in [5, 5.41) is 0. The highest BCUT2D eigenvalue weighted by Gasteiger charge is 2.10. The zero-order valence-corrected chi connectivity index (χ0v) is 3.44. The van der Waals surface area contributed by atoms with Gasteiger partial charge in [-0.2, -0.15) is 0 Å². The quantitative estimate of drug-likeness (QED) is 0.288. The maximum Gasteiger partial charge on any atom is 0.297 e. The maximum atomic E-state index is 10.0. The Hall–Kier alpha value is -0.465. The van der Waals surface area contributed by atoms with Crippen LogP contribution in [0.2, 0.25) is 6.32 Å². The first-order valence-corrected chi connectivity index (χ1v) is 2.05. The fourth-order valence-electron chi connectivity index (χ4n) is 0.475. The van der Waals surface area contributed by atoms with Crippen LogP contribution in [0.3, 0.4) is 0 Å². The second kappa shape index (κ2) is 1.33. The Morgan fingerprint density at radius 2 is 2.67 bits per heavy atom. The molecule has 1 rings (SSSR count). The van der Waals surface area contributed by atoms with Crippen molar-refractivity contribution in [1.29, 1.82) is 0 Å². The molecule has 0 amide bonds. The average molecular weight is 83.9 g/mol. The zero-order chi connectivity index (χ0) is 4.41. The largest absolute Gasteiger partial charge is 0.475 e. The van der Waals surface area contributed by atoms with E-state index in [1.165, 1.54) is 0 Å². The molecule has 3 heteroatoms. The van der Waals surface area contributed by atoms with E-state index in [1.807, 2.05) is 0 Å². The highest BCUT2D eigenvalue weighted by molar-refractivity contribution is 6.43. The molecule has 2 nitrogen and oxygen atoms in total. The summed E-state index contributed by atoms with van der Waals surface area (Å²) in [5.74, 6) is -0.0463. The average Bonchev–Trinajstić information content (AvgIpc) is 1.86. The molecule has 0 spiro atoms. The minimum atomic E-state index is -0.0463. The topological polar surface area (TPSA) is 26.3 Å². The molecule has 6 heavy (non-hydrogen) atoms. The number of rotatable bonds is 0. The molecule has 1 fully saturated rings. The SMILES string of the molecule is O=C1CBCO1. The van der Waals surface area contributed by atoms with Crippen molar-refractivity contribution in [3.05, 3.63) is 0 Å². The highest BCUT2D eigenvalue weighted by Crippen LogP contribution is 1.93. The summed E-state index contributed by atoms with van der Waals surface area (Å²) in [5.41, 5.74) is 0. The molecule has 1 saturated heterocycles. The number of carbonyl (C=O) groups excluding carboxylic acids is 1. The zero-order valence-electron chi connectivity index (χ0n) is 3.44. The maximum absolute atomic E-state index is 10.0. The van der Waals surface area contributed by atoms with E-state index in [0.717, 1.165) is 7.28 Å². The van der Waals surface area contributed by atoms with Gasteiger partial charge in [0.25, 0.3) is 5.97 Å². The summed E-state index contributed by atoms with van der Waals surface area (Å²) >= 11 is 0. The van der Waals surface area contributed by atoms with E-state index in [-0.39, 0.29) is 5.97 Å². The minimum Gasteiger partial charge on any atom is -0.475 e. The van der Waals surface area contributed by atoms with Crippen LogP contribution in [-0.4, -0.2) is 19.8 Å². The van der Waals surface area contributed by atoms with Crippen molar-refractivity contribution < 1.29 is 9.53 Å². The lowest BCUT2D eigenvalue weighted by Crippen LogP contribution is -1.87. The third-order valence-electron chi connectivity index (χ3n) is 0.788. The summed E-state index contributed by atoms with van der Waals surface area (Å²) in [6, 6.07) is 0. The van der Waals surface area contributed by atoms with E-state index in [9.17, 15) is 4.79 Å². The lowest BCUT2D eigenvalue weighted by atomic mass is 9.79. The molecule has 0 aromatic carbocycles. The molecule has 0 saturated carbocycles. The molecule has 0 aromatic rings.